The molecule has 1 rings (SSSR count). The summed E-state index contributed by atoms with van der Waals surface area (Å²) < 4.78 is 0. The second kappa shape index (κ2) is 4.00. The Labute approximate surface area is 79.3 Å². The van der Waals surface area contributed by atoms with E-state index in [2.05, 4.69) is 6.07 Å². The molecule has 13 heavy (non-hydrogen) atoms. The van der Waals surface area contributed by atoms with E-state index >= 15 is 0 Å². The monoisotopic (exact) mass is 198 g/mol. The quantitative estimate of drug-likeness (QED) is 0.421. The molecule has 4 nitrogen and oxygen atoms in total. The van der Waals surface area contributed by atoms with Gasteiger partial charge in [0.25, 0.3) is 6.54 Å². The minimum absolute atomic E-state index is 0.164. The Kier molecular flexibility index (Phi) is 2.97. The van der Waals surface area contributed by atoms with E-state index in [0.29, 0.717) is 0 Å². The van der Waals surface area contributed by atoms with Crippen LogP contribution in [0.2, 0.25) is 5.02 Å². The molecule has 0 aliphatic heterocycles. The first kappa shape index (κ1) is 9.67. The van der Waals surface area contributed by atoms with Crippen molar-refractivity contribution >= 4 is 17.4 Å². The zero-order valence-electron chi connectivity index (χ0n) is 6.49. The van der Waals surface area contributed by atoms with Crippen molar-refractivity contribution in [3.05, 3.63) is 45.0 Å². The number of hydrogen-bond donors (Lipinski definition) is 0. The molecule has 0 saturated heterocycles. The van der Waals surface area contributed by atoms with Gasteiger partial charge < -0.3 is 0 Å². The Morgan fingerprint density at radius 3 is 2.92 bits per heavy atom. The third-order valence-electron chi connectivity index (χ3n) is 1.39. The Bertz CT molecular complexity index is 351. The summed E-state index contributed by atoms with van der Waals surface area (Å²) in [7, 11) is 0. The summed E-state index contributed by atoms with van der Waals surface area (Å²) in [4.78, 5) is 20.5. The van der Waals surface area contributed by atoms with Gasteiger partial charge in [-0.1, -0.05) is 17.7 Å². The summed E-state index contributed by atoms with van der Waals surface area (Å²) in [6.07, 6.45) is 0. The van der Waals surface area contributed by atoms with E-state index in [9.17, 15) is 14.9 Å². The summed E-state index contributed by atoms with van der Waals surface area (Å²) in [5.74, 6) is -0.594. The number of nitro groups is 1. The second-order valence-electron chi connectivity index (χ2n) is 2.32. The molecule has 0 bridgehead atoms. The Balaban J connectivity index is 2.89. The van der Waals surface area contributed by atoms with Crippen LogP contribution in [0.1, 0.15) is 10.4 Å². The SMILES string of the molecule is O=C(C[N+](=O)[O-])c1cc[c]cc1Cl. The standard InChI is InChI=1S/C8H5ClNO3/c9-7-4-2-1-3-6(7)8(11)5-10(12)13/h1,3-4H,5H2. The van der Waals surface area contributed by atoms with E-state index in [1.807, 2.05) is 0 Å². The minimum atomic E-state index is -0.732. The highest BCUT2D eigenvalue weighted by Gasteiger charge is 2.14. The van der Waals surface area contributed by atoms with Crippen molar-refractivity contribution < 1.29 is 9.72 Å². The third-order valence-corrected chi connectivity index (χ3v) is 1.70. The van der Waals surface area contributed by atoms with Crippen molar-refractivity contribution in [3.63, 3.8) is 0 Å². The summed E-state index contributed by atoms with van der Waals surface area (Å²) >= 11 is 5.63. The Hall–Kier alpha value is -1.42. The van der Waals surface area contributed by atoms with Crippen LogP contribution in [0.3, 0.4) is 0 Å². The number of nitrogens with zero attached hydrogens (tertiary/aromatic N) is 1. The van der Waals surface area contributed by atoms with Gasteiger partial charge in [-0.05, 0) is 18.2 Å². The van der Waals surface area contributed by atoms with Crippen molar-refractivity contribution in [1.29, 1.82) is 0 Å². The second-order valence-corrected chi connectivity index (χ2v) is 2.73. The fourth-order valence-electron chi connectivity index (χ4n) is 0.839. The lowest BCUT2D eigenvalue weighted by Gasteiger charge is -1.97. The van der Waals surface area contributed by atoms with Gasteiger partial charge in [-0.25, -0.2) is 0 Å². The maximum Gasteiger partial charge on any atom is 0.265 e. The van der Waals surface area contributed by atoms with Crippen LogP contribution in [0.25, 0.3) is 0 Å². The fraction of sp³-hybridized carbons (Fsp3) is 0.125. The largest absolute Gasteiger partial charge is 0.287 e. The van der Waals surface area contributed by atoms with Crippen molar-refractivity contribution in [2.75, 3.05) is 6.54 Å². The summed E-state index contributed by atoms with van der Waals surface area (Å²) in [5.41, 5.74) is 0.164. The number of Topliss-reactive ketones (excluding diaryl/α,β-unsaturated/α-hetero) is 1. The maximum atomic E-state index is 11.1. The highest BCUT2D eigenvalue weighted by atomic mass is 35.5. The van der Waals surface area contributed by atoms with Gasteiger partial charge in [0.15, 0.2) is 0 Å². The van der Waals surface area contributed by atoms with Gasteiger partial charge in [0.05, 0.1) is 5.02 Å². The normalized spacial score (nSPS) is 9.62. The molecule has 0 N–H and O–H groups in total. The van der Waals surface area contributed by atoms with Crippen LogP contribution in [0.4, 0.5) is 0 Å². The van der Waals surface area contributed by atoms with Gasteiger partial charge in [0.1, 0.15) is 0 Å². The lowest BCUT2D eigenvalue weighted by Crippen LogP contribution is -2.13. The average Bonchev–Trinajstić information content (AvgIpc) is 2.03. The van der Waals surface area contributed by atoms with Crippen molar-refractivity contribution in [3.8, 4) is 0 Å². The molecule has 0 saturated carbocycles. The van der Waals surface area contributed by atoms with Crippen LogP contribution >= 0.6 is 11.6 Å². The van der Waals surface area contributed by atoms with Crippen LogP contribution in [0.15, 0.2) is 18.2 Å². The number of carbonyl (C=O) groups excluding carboxylic acids is 1. The Morgan fingerprint density at radius 2 is 2.38 bits per heavy atom. The molecule has 1 radical (unpaired) electrons. The minimum Gasteiger partial charge on any atom is -0.287 e. The van der Waals surface area contributed by atoms with Crippen molar-refractivity contribution in [2.24, 2.45) is 0 Å². The zero-order valence-corrected chi connectivity index (χ0v) is 7.25. The predicted molar refractivity (Wildman–Crippen MR) is 46.5 cm³/mol. The predicted octanol–water partition coefficient (Wildman–Crippen LogP) is 1.60. The molecule has 1 aromatic rings. The van der Waals surface area contributed by atoms with Gasteiger partial charge >= 0.3 is 0 Å². The van der Waals surface area contributed by atoms with Gasteiger partial charge in [-0.3, -0.25) is 14.9 Å². The first-order valence-corrected chi connectivity index (χ1v) is 3.79. The highest BCUT2D eigenvalue weighted by molar-refractivity contribution is 6.33. The summed E-state index contributed by atoms with van der Waals surface area (Å²) in [5, 5.41) is 10.2. The van der Waals surface area contributed by atoms with Crippen LogP contribution in [-0.4, -0.2) is 17.3 Å². The van der Waals surface area contributed by atoms with Crippen molar-refractivity contribution in [1.82, 2.24) is 0 Å². The van der Waals surface area contributed by atoms with Gasteiger partial charge in [0, 0.05) is 10.5 Å². The van der Waals surface area contributed by atoms with E-state index in [1.54, 1.807) is 0 Å². The first-order valence-electron chi connectivity index (χ1n) is 3.42. The average molecular weight is 199 g/mol. The molecule has 67 valence electrons. The molecule has 1 aromatic carbocycles. The van der Waals surface area contributed by atoms with Gasteiger partial charge in [-0.15, -0.1) is 0 Å². The van der Waals surface area contributed by atoms with Crippen LogP contribution < -0.4 is 0 Å². The number of carbonyl (C=O) groups is 1. The molecule has 0 amide bonds. The molecular weight excluding hydrogens is 194 g/mol. The smallest absolute Gasteiger partial charge is 0.265 e. The topological polar surface area (TPSA) is 60.2 Å². The highest BCUT2D eigenvalue weighted by Crippen LogP contribution is 2.14. The van der Waals surface area contributed by atoms with E-state index < -0.39 is 17.3 Å². The molecule has 0 unspecified atom stereocenters. The molecule has 0 heterocycles. The van der Waals surface area contributed by atoms with E-state index in [1.165, 1.54) is 18.2 Å². The molecule has 0 aliphatic rings. The van der Waals surface area contributed by atoms with Crippen molar-refractivity contribution in [2.45, 2.75) is 0 Å². The van der Waals surface area contributed by atoms with Crippen LogP contribution in [0, 0.1) is 16.2 Å². The van der Waals surface area contributed by atoms with Crippen LogP contribution in [-0.2, 0) is 0 Å². The fourth-order valence-corrected chi connectivity index (χ4v) is 1.07. The molecule has 0 fully saturated rings. The summed E-state index contributed by atoms with van der Waals surface area (Å²) in [6.45, 7) is -0.732. The van der Waals surface area contributed by atoms with Crippen LogP contribution in [0.5, 0.6) is 0 Å². The lowest BCUT2D eigenvalue weighted by atomic mass is 10.1. The third kappa shape index (κ3) is 2.52. The number of ketones is 1. The molecule has 0 aliphatic carbocycles. The van der Waals surface area contributed by atoms with Gasteiger partial charge in [-0.2, -0.15) is 0 Å². The molecule has 0 spiro atoms. The lowest BCUT2D eigenvalue weighted by molar-refractivity contribution is -0.465. The zero-order chi connectivity index (χ0) is 9.84. The number of rotatable bonds is 3. The molecule has 0 atom stereocenters. The van der Waals surface area contributed by atoms with E-state index in [4.69, 9.17) is 11.6 Å². The van der Waals surface area contributed by atoms with E-state index in [0.717, 1.165) is 0 Å². The molecular formula is C8H5ClNO3. The number of benzene rings is 1. The molecule has 0 aromatic heterocycles. The van der Waals surface area contributed by atoms with E-state index in [-0.39, 0.29) is 10.6 Å². The Morgan fingerprint density at radius 1 is 1.69 bits per heavy atom. The molecule has 5 heteroatoms. The maximum absolute atomic E-state index is 11.1. The summed E-state index contributed by atoms with van der Waals surface area (Å²) in [6, 6.07) is 6.95. The first-order chi connectivity index (χ1) is 6.11. The number of halogens is 1. The van der Waals surface area contributed by atoms with Gasteiger partial charge in [0.2, 0.25) is 5.78 Å². The number of hydrogen-bond acceptors (Lipinski definition) is 3.